The van der Waals surface area contributed by atoms with Gasteiger partial charge in [-0.05, 0) is 38.8 Å². The van der Waals surface area contributed by atoms with E-state index < -0.39 is 12.1 Å². The van der Waals surface area contributed by atoms with Gasteiger partial charge >= 0.3 is 11.9 Å². The van der Waals surface area contributed by atoms with E-state index >= 15 is 0 Å². The fourth-order valence-corrected chi connectivity index (χ4v) is 4.04. The van der Waals surface area contributed by atoms with E-state index in [2.05, 4.69) is 10.1 Å². The molecule has 182 valence electrons. The average molecular weight is 477 g/mol. The predicted molar refractivity (Wildman–Crippen MR) is 128 cm³/mol. The van der Waals surface area contributed by atoms with Gasteiger partial charge < -0.3 is 14.4 Å². The van der Waals surface area contributed by atoms with Crippen molar-refractivity contribution in [2.75, 3.05) is 19.7 Å². The van der Waals surface area contributed by atoms with E-state index in [1.54, 1.807) is 16.5 Å². The van der Waals surface area contributed by atoms with Gasteiger partial charge in [-0.15, -0.1) is 5.10 Å². The number of ether oxygens (including phenoxy) is 2. The molecule has 1 aromatic heterocycles. The van der Waals surface area contributed by atoms with Crippen LogP contribution in [0.15, 0.2) is 60.7 Å². The van der Waals surface area contributed by atoms with Crippen LogP contribution in [0, 0.1) is 5.92 Å². The van der Waals surface area contributed by atoms with Gasteiger partial charge in [0.2, 0.25) is 0 Å². The van der Waals surface area contributed by atoms with Crippen molar-refractivity contribution in [1.29, 1.82) is 0 Å². The number of para-hydroxylation sites is 1. The molecule has 2 aromatic carbocycles. The van der Waals surface area contributed by atoms with Gasteiger partial charge in [-0.2, -0.15) is 0 Å². The van der Waals surface area contributed by atoms with E-state index in [0.717, 1.165) is 11.3 Å². The number of likely N-dealkylation sites (tertiary alicyclic amines) is 1. The van der Waals surface area contributed by atoms with Crippen molar-refractivity contribution in [1.82, 2.24) is 19.7 Å². The van der Waals surface area contributed by atoms with Gasteiger partial charge in [0.05, 0.1) is 18.2 Å². The lowest BCUT2D eigenvalue weighted by molar-refractivity contribution is -0.152. The summed E-state index contributed by atoms with van der Waals surface area (Å²) in [7, 11) is 0. The molecule has 0 spiro atoms. The Bertz CT molecular complexity index is 1110. The fraction of sp³-hybridized carbons (Fsp3) is 0.346. The Balaban J connectivity index is 1.46. The number of hydrogen-bond acceptors (Lipinski definition) is 7. The second-order valence-corrected chi connectivity index (χ2v) is 8.27. The van der Waals surface area contributed by atoms with Crippen LogP contribution < -0.4 is 0 Å². The normalized spacial score (nSPS) is 14.9. The maximum atomic E-state index is 12.9. The molecule has 0 saturated carbocycles. The van der Waals surface area contributed by atoms with Gasteiger partial charge in [0, 0.05) is 18.7 Å². The van der Waals surface area contributed by atoms with Crippen LogP contribution in [0.1, 0.15) is 37.3 Å². The van der Waals surface area contributed by atoms with Crippen LogP contribution in [-0.2, 0) is 19.1 Å². The van der Waals surface area contributed by atoms with E-state index in [0.29, 0.717) is 38.4 Å². The maximum absolute atomic E-state index is 12.9. The highest BCUT2D eigenvalue weighted by Crippen LogP contribution is 2.22. The first-order valence-electron chi connectivity index (χ1n) is 11.7. The number of amides is 1. The van der Waals surface area contributed by atoms with E-state index in [9.17, 15) is 14.4 Å². The summed E-state index contributed by atoms with van der Waals surface area (Å²) in [5, 5.41) is 4.38. The molecule has 9 nitrogen and oxygen atoms in total. The van der Waals surface area contributed by atoms with Crippen LogP contribution >= 0.6 is 0 Å². The summed E-state index contributed by atoms with van der Waals surface area (Å²) in [4.78, 5) is 43.7. The Morgan fingerprint density at radius 1 is 1.00 bits per heavy atom. The Morgan fingerprint density at radius 2 is 1.63 bits per heavy atom. The maximum Gasteiger partial charge on any atom is 0.379 e. The second-order valence-electron chi connectivity index (χ2n) is 8.27. The van der Waals surface area contributed by atoms with Crippen LogP contribution in [0.4, 0.5) is 0 Å². The minimum Gasteiger partial charge on any atom is -0.466 e. The average Bonchev–Trinajstić information content (AvgIpc) is 3.35. The lowest BCUT2D eigenvalue weighted by Crippen LogP contribution is -2.45. The molecular weight excluding hydrogens is 448 g/mol. The molecule has 2 heterocycles. The van der Waals surface area contributed by atoms with Crippen molar-refractivity contribution in [3.05, 3.63) is 66.5 Å². The zero-order valence-electron chi connectivity index (χ0n) is 19.8. The molecule has 0 aliphatic carbocycles. The molecule has 0 N–H and O–H groups in total. The van der Waals surface area contributed by atoms with E-state index in [1.165, 1.54) is 6.92 Å². The van der Waals surface area contributed by atoms with Crippen LogP contribution in [0.3, 0.4) is 0 Å². The number of carbonyl (C=O) groups is 3. The van der Waals surface area contributed by atoms with Gasteiger partial charge in [0.25, 0.3) is 11.7 Å². The molecule has 9 heteroatoms. The third-order valence-corrected chi connectivity index (χ3v) is 5.88. The second kappa shape index (κ2) is 10.9. The first-order valence-corrected chi connectivity index (χ1v) is 11.7. The van der Waals surface area contributed by atoms with Gasteiger partial charge in [-0.25, -0.2) is 14.5 Å². The quantitative estimate of drug-likeness (QED) is 0.482. The molecule has 3 aromatic rings. The zero-order valence-corrected chi connectivity index (χ0v) is 19.8. The summed E-state index contributed by atoms with van der Waals surface area (Å²) in [5.41, 5.74) is 1.53. The minimum absolute atomic E-state index is 0.131. The summed E-state index contributed by atoms with van der Waals surface area (Å²) in [6.07, 6.45) is 0.0363. The molecule has 0 radical (unpaired) electrons. The molecule has 4 rings (SSSR count). The summed E-state index contributed by atoms with van der Waals surface area (Å²) in [6, 6.07) is 18.8. The van der Waals surface area contributed by atoms with Crippen molar-refractivity contribution in [2.45, 2.75) is 32.8 Å². The van der Waals surface area contributed by atoms with Crippen molar-refractivity contribution >= 4 is 17.8 Å². The highest BCUT2D eigenvalue weighted by Gasteiger charge is 2.32. The van der Waals surface area contributed by atoms with E-state index in [-0.39, 0.29) is 23.6 Å². The molecule has 1 aliphatic heterocycles. The monoisotopic (exact) mass is 476 g/mol. The standard InChI is InChI=1S/C26H28N4O5/c1-3-34-25(32)20-14-16-29(17-15-20)24(31)18(2)35-26(33)22-27-23(19-10-6-4-7-11-19)30(28-22)21-12-8-5-9-13-21/h4-13,18,20H,3,14-17H2,1-2H3. The number of piperidine rings is 1. The van der Waals surface area contributed by atoms with Crippen LogP contribution in [-0.4, -0.2) is 63.3 Å². The van der Waals surface area contributed by atoms with E-state index in [1.807, 2.05) is 60.7 Å². The largest absolute Gasteiger partial charge is 0.466 e. The van der Waals surface area contributed by atoms with E-state index in [4.69, 9.17) is 9.47 Å². The SMILES string of the molecule is CCOC(=O)C1CCN(C(=O)C(C)OC(=O)c2nc(-c3ccccc3)n(-c3ccccc3)n2)CC1. The van der Waals surface area contributed by atoms with Crippen molar-refractivity contribution in [2.24, 2.45) is 5.92 Å². The highest BCUT2D eigenvalue weighted by atomic mass is 16.5. The Labute approximate surface area is 203 Å². The summed E-state index contributed by atoms with van der Waals surface area (Å²) < 4.78 is 12.1. The van der Waals surface area contributed by atoms with Crippen LogP contribution in [0.2, 0.25) is 0 Å². The van der Waals surface area contributed by atoms with Gasteiger partial charge in [0.1, 0.15) is 0 Å². The molecule has 1 saturated heterocycles. The number of rotatable bonds is 7. The fourth-order valence-electron chi connectivity index (χ4n) is 4.04. The van der Waals surface area contributed by atoms with Crippen molar-refractivity contribution < 1.29 is 23.9 Å². The van der Waals surface area contributed by atoms with Crippen LogP contribution in [0.5, 0.6) is 0 Å². The number of nitrogens with zero attached hydrogens (tertiary/aromatic N) is 4. The molecule has 1 fully saturated rings. The molecular formula is C26H28N4O5. The smallest absolute Gasteiger partial charge is 0.379 e. The summed E-state index contributed by atoms with van der Waals surface area (Å²) in [6.45, 7) is 4.45. The molecule has 1 atom stereocenters. The number of aromatic nitrogens is 3. The molecule has 1 unspecified atom stereocenters. The topological polar surface area (TPSA) is 104 Å². The first-order chi connectivity index (χ1) is 17.0. The minimum atomic E-state index is -1.01. The molecule has 1 aliphatic rings. The number of carbonyl (C=O) groups excluding carboxylic acids is 3. The van der Waals surface area contributed by atoms with Crippen LogP contribution in [0.25, 0.3) is 17.1 Å². The Morgan fingerprint density at radius 3 is 2.26 bits per heavy atom. The van der Waals surface area contributed by atoms with Gasteiger partial charge in [0.15, 0.2) is 11.9 Å². The molecule has 35 heavy (non-hydrogen) atoms. The van der Waals surface area contributed by atoms with Gasteiger partial charge in [-0.3, -0.25) is 9.59 Å². The highest BCUT2D eigenvalue weighted by molar-refractivity contribution is 5.90. The Kier molecular flexibility index (Phi) is 7.54. The Hall–Kier alpha value is -4.01. The lowest BCUT2D eigenvalue weighted by atomic mass is 9.97. The zero-order chi connectivity index (χ0) is 24.8. The third kappa shape index (κ3) is 5.56. The lowest BCUT2D eigenvalue weighted by Gasteiger charge is -2.32. The number of esters is 2. The molecule has 1 amide bonds. The molecule has 0 bridgehead atoms. The third-order valence-electron chi connectivity index (χ3n) is 5.88. The van der Waals surface area contributed by atoms with Crippen molar-refractivity contribution in [3.63, 3.8) is 0 Å². The number of benzene rings is 2. The number of hydrogen-bond donors (Lipinski definition) is 0. The first kappa shape index (κ1) is 24.1. The van der Waals surface area contributed by atoms with Gasteiger partial charge in [-0.1, -0.05) is 48.5 Å². The summed E-state index contributed by atoms with van der Waals surface area (Å²) >= 11 is 0. The van der Waals surface area contributed by atoms with Crippen molar-refractivity contribution in [3.8, 4) is 17.1 Å². The summed E-state index contributed by atoms with van der Waals surface area (Å²) in [5.74, 6) is -1.17. The predicted octanol–water partition coefficient (Wildman–Crippen LogP) is 3.28.